The Kier molecular flexibility index (Phi) is 2.57. The van der Waals surface area contributed by atoms with Gasteiger partial charge < -0.3 is 5.32 Å². The summed E-state index contributed by atoms with van der Waals surface area (Å²) in [5, 5.41) is 2.88. The fraction of sp³-hybridized carbons (Fsp3) is 0.357. The van der Waals surface area contributed by atoms with Crippen LogP contribution in [0, 0.1) is 0 Å². The summed E-state index contributed by atoms with van der Waals surface area (Å²) in [4.78, 5) is 12.3. The second-order valence-electron chi connectivity index (χ2n) is 5.50. The summed E-state index contributed by atoms with van der Waals surface area (Å²) in [7, 11) is -3.01. The molecule has 1 fully saturated rings. The number of fused-ring (bicyclic) bond motifs is 1. The van der Waals surface area contributed by atoms with Gasteiger partial charge in [0.05, 0.1) is 17.0 Å². The van der Waals surface area contributed by atoms with Crippen LogP contribution in [0.4, 0.5) is 0 Å². The van der Waals surface area contributed by atoms with Crippen LogP contribution >= 0.6 is 0 Å². The quantitative estimate of drug-likeness (QED) is 0.820. The maximum atomic E-state index is 12.3. The van der Waals surface area contributed by atoms with Crippen molar-refractivity contribution in [3.8, 4) is 0 Å². The zero-order valence-corrected chi connectivity index (χ0v) is 11.5. The summed E-state index contributed by atoms with van der Waals surface area (Å²) in [5.41, 5.74) is 1.92. The minimum Gasteiger partial charge on any atom is -0.346 e. The molecule has 1 heterocycles. The highest BCUT2D eigenvalue weighted by Crippen LogP contribution is 2.31. The van der Waals surface area contributed by atoms with E-state index in [1.54, 1.807) is 13.0 Å². The number of carbonyl (C=O) groups is 1. The summed E-state index contributed by atoms with van der Waals surface area (Å²) in [6.07, 6.45) is 9.92. The van der Waals surface area contributed by atoms with E-state index in [1.807, 2.05) is 24.3 Å². The summed E-state index contributed by atoms with van der Waals surface area (Å²) in [5.74, 6) is -0.0199. The van der Waals surface area contributed by atoms with Crippen LogP contribution in [0.25, 0.3) is 0 Å². The van der Waals surface area contributed by atoms with Crippen LogP contribution in [0.3, 0.4) is 0 Å². The Bertz CT molecular complexity index is 679. The molecule has 5 heteroatoms. The molecule has 0 saturated carbocycles. The van der Waals surface area contributed by atoms with Gasteiger partial charge in [-0.3, -0.25) is 4.79 Å². The van der Waals surface area contributed by atoms with E-state index in [2.05, 4.69) is 5.32 Å². The smallest absolute Gasteiger partial charge is 0.252 e. The van der Waals surface area contributed by atoms with E-state index in [9.17, 15) is 13.2 Å². The summed E-state index contributed by atoms with van der Waals surface area (Å²) in [6, 6.07) is 0. The molecule has 0 aromatic rings. The van der Waals surface area contributed by atoms with Gasteiger partial charge in [-0.1, -0.05) is 24.3 Å². The predicted molar refractivity (Wildman–Crippen MR) is 73.2 cm³/mol. The SMILES string of the molecule is CC1(NC(=O)C2=C3C=CC=C3C=C2)CCS(=O)(=O)C1. The second-order valence-corrected chi connectivity index (χ2v) is 7.68. The van der Waals surface area contributed by atoms with E-state index in [-0.39, 0.29) is 17.4 Å². The van der Waals surface area contributed by atoms with Crippen LogP contribution < -0.4 is 5.32 Å². The zero-order valence-electron chi connectivity index (χ0n) is 10.6. The van der Waals surface area contributed by atoms with Crippen molar-refractivity contribution in [2.45, 2.75) is 18.9 Å². The lowest BCUT2D eigenvalue weighted by atomic mass is 10.0. The van der Waals surface area contributed by atoms with E-state index >= 15 is 0 Å². The first-order valence-corrected chi connectivity index (χ1v) is 8.05. The van der Waals surface area contributed by atoms with Gasteiger partial charge in [-0.15, -0.1) is 0 Å². The molecule has 1 saturated heterocycles. The van der Waals surface area contributed by atoms with Gasteiger partial charge in [0.1, 0.15) is 0 Å². The van der Waals surface area contributed by atoms with Gasteiger partial charge in [0.25, 0.3) is 5.91 Å². The average molecular weight is 277 g/mol. The first-order chi connectivity index (χ1) is 8.89. The molecule has 0 radical (unpaired) electrons. The fourth-order valence-electron chi connectivity index (χ4n) is 2.74. The molecule has 0 spiro atoms. The molecule has 1 unspecified atom stereocenters. The van der Waals surface area contributed by atoms with E-state index in [0.29, 0.717) is 12.0 Å². The lowest BCUT2D eigenvalue weighted by Gasteiger charge is -2.24. The predicted octanol–water partition coefficient (Wildman–Crippen LogP) is 1.04. The van der Waals surface area contributed by atoms with Crippen LogP contribution in [0.2, 0.25) is 0 Å². The van der Waals surface area contributed by atoms with Crippen molar-refractivity contribution in [2.24, 2.45) is 0 Å². The lowest BCUT2D eigenvalue weighted by molar-refractivity contribution is -0.118. The van der Waals surface area contributed by atoms with Gasteiger partial charge in [0, 0.05) is 5.57 Å². The molecule has 1 amide bonds. The second kappa shape index (κ2) is 3.93. The van der Waals surface area contributed by atoms with E-state index in [4.69, 9.17) is 0 Å². The van der Waals surface area contributed by atoms with Crippen LogP contribution in [-0.2, 0) is 14.6 Å². The number of allylic oxidation sites excluding steroid dienone is 6. The molecule has 100 valence electrons. The van der Waals surface area contributed by atoms with Crippen molar-refractivity contribution >= 4 is 15.7 Å². The first kappa shape index (κ1) is 12.4. The Morgan fingerprint density at radius 2 is 2.11 bits per heavy atom. The third-order valence-corrected chi connectivity index (χ3v) is 5.64. The maximum Gasteiger partial charge on any atom is 0.252 e. The van der Waals surface area contributed by atoms with Crippen molar-refractivity contribution < 1.29 is 13.2 Å². The Morgan fingerprint density at radius 1 is 1.32 bits per heavy atom. The van der Waals surface area contributed by atoms with Gasteiger partial charge in [-0.05, 0) is 30.6 Å². The van der Waals surface area contributed by atoms with Gasteiger partial charge >= 0.3 is 0 Å². The largest absolute Gasteiger partial charge is 0.346 e. The normalized spacial score (nSPS) is 30.7. The lowest BCUT2D eigenvalue weighted by Crippen LogP contribution is -2.47. The molecule has 1 atom stereocenters. The van der Waals surface area contributed by atoms with Gasteiger partial charge in [-0.25, -0.2) is 8.42 Å². The molecule has 19 heavy (non-hydrogen) atoms. The van der Waals surface area contributed by atoms with Crippen molar-refractivity contribution in [3.05, 3.63) is 47.1 Å². The number of carbonyl (C=O) groups excluding carboxylic acids is 1. The Labute approximate surface area is 112 Å². The van der Waals surface area contributed by atoms with Gasteiger partial charge in [0.2, 0.25) is 0 Å². The number of hydrogen-bond donors (Lipinski definition) is 1. The Balaban J connectivity index is 1.81. The molecule has 1 N–H and O–H groups in total. The standard InChI is InChI=1S/C14H15NO3S/c1-14(7-8-19(17,18)9-14)15-13(16)12-6-5-10-3-2-4-11(10)12/h2-6H,7-9H2,1H3,(H,15,16). The van der Waals surface area contributed by atoms with Gasteiger partial charge in [-0.2, -0.15) is 0 Å². The monoisotopic (exact) mass is 277 g/mol. The van der Waals surface area contributed by atoms with Crippen molar-refractivity contribution in [1.29, 1.82) is 0 Å². The van der Waals surface area contributed by atoms with Crippen LogP contribution in [-0.4, -0.2) is 31.4 Å². The third kappa shape index (κ3) is 2.18. The van der Waals surface area contributed by atoms with Crippen LogP contribution in [0.5, 0.6) is 0 Å². The highest BCUT2D eigenvalue weighted by atomic mass is 32.2. The number of sulfone groups is 1. The minimum absolute atomic E-state index is 0.0244. The van der Waals surface area contributed by atoms with Crippen molar-refractivity contribution in [1.82, 2.24) is 5.32 Å². The van der Waals surface area contributed by atoms with Crippen LogP contribution in [0.15, 0.2) is 47.1 Å². The fourth-order valence-corrected chi connectivity index (χ4v) is 4.83. The zero-order chi connectivity index (χ0) is 13.7. The van der Waals surface area contributed by atoms with E-state index < -0.39 is 15.4 Å². The maximum absolute atomic E-state index is 12.3. The molecule has 0 aromatic carbocycles. The first-order valence-electron chi connectivity index (χ1n) is 6.23. The minimum atomic E-state index is -3.01. The topological polar surface area (TPSA) is 63.2 Å². The number of hydrogen-bond acceptors (Lipinski definition) is 3. The molecular formula is C14H15NO3S. The molecule has 3 aliphatic rings. The van der Waals surface area contributed by atoms with Crippen molar-refractivity contribution in [2.75, 3.05) is 11.5 Å². The van der Waals surface area contributed by atoms with E-state index in [0.717, 1.165) is 11.1 Å². The average Bonchev–Trinajstić information content (AvgIpc) is 2.91. The third-order valence-electron chi connectivity index (χ3n) is 3.73. The number of nitrogens with one attached hydrogen (secondary N) is 1. The molecule has 2 aliphatic carbocycles. The molecule has 4 nitrogen and oxygen atoms in total. The molecular weight excluding hydrogens is 262 g/mol. The number of amides is 1. The summed E-state index contributed by atoms with van der Waals surface area (Å²) in [6.45, 7) is 1.79. The molecule has 1 aliphatic heterocycles. The molecule has 0 aromatic heterocycles. The summed E-state index contributed by atoms with van der Waals surface area (Å²) < 4.78 is 23.1. The van der Waals surface area contributed by atoms with Crippen LogP contribution in [0.1, 0.15) is 13.3 Å². The van der Waals surface area contributed by atoms with Gasteiger partial charge in [0.15, 0.2) is 9.84 Å². The molecule has 3 rings (SSSR count). The van der Waals surface area contributed by atoms with Crippen molar-refractivity contribution in [3.63, 3.8) is 0 Å². The summed E-state index contributed by atoms with van der Waals surface area (Å²) >= 11 is 0. The van der Waals surface area contributed by atoms with E-state index in [1.165, 1.54) is 0 Å². The molecule has 0 bridgehead atoms. The Hall–Kier alpha value is -1.62. The highest BCUT2D eigenvalue weighted by Gasteiger charge is 2.40. The Morgan fingerprint density at radius 3 is 2.79 bits per heavy atom. The number of rotatable bonds is 2. The highest BCUT2D eigenvalue weighted by molar-refractivity contribution is 7.91.